The lowest BCUT2D eigenvalue weighted by Gasteiger charge is -2.24. The summed E-state index contributed by atoms with van der Waals surface area (Å²) in [5.41, 5.74) is 2.26. The van der Waals surface area contributed by atoms with Crippen LogP contribution in [-0.4, -0.2) is 42.5 Å². The number of rotatable bonds is 10. The van der Waals surface area contributed by atoms with Crippen molar-refractivity contribution >= 4 is 23.6 Å². The molecule has 204 valence electrons. The average molecular weight is 534 g/mol. The molecule has 0 spiro atoms. The van der Waals surface area contributed by atoms with Crippen molar-refractivity contribution in [2.75, 3.05) is 19.0 Å². The van der Waals surface area contributed by atoms with Gasteiger partial charge in [0, 0.05) is 17.8 Å². The molecule has 1 heterocycles. The summed E-state index contributed by atoms with van der Waals surface area (Å²) in [4.78, 5) is 40.3. The third-order valence-electron chi connectivity index (χ3n) is 6.47. The van der Waals surface area contributed by atoms with Gasteiger partial charge in [-0.25, -0.2) is 9.18 Å². The van der Waals surface area contributed by atoms with E-state index < -0.39 is 18.2 Å². The predicted molar refractivity (Wildman–Crippen MR) is 145 cm³/mol. The molecule has 2 N–H and O–H groups in total. The van der Waals surface area contributed by atoms with Gasteiger partial charge in [-0.15, -0.1) is 0 Å². The molecule has 8 nitrogen and oxygen atoms in total. The molecule has 3 aromatic carbocycles. The molecule has 1 aliphatic rings. The molecule has 4 rings (SSSR count). The molecule has 39 heavy (non-hydrogen) atoms. The molecule has 0 bridgehead atoms. The van der Waals surface area contributed by atoms with Crippen molar-refractivity contribution in [3.63, 3.8) is 0 Å². The summed E-state index contributed by atoms with van der Waals surface area (Å²) in [5.74, 6) is -0.0467. The summed E-state index contributed by atoms with van der Waals surface area (Å²) in [6.07, 6.45) is -0.707. The molecule has 1 aliphatic heterocycles. The van der Waals surface area contributed by atoms with Crippen LogP contribution in [0.4, 0.5) is 14.9 Å². The standard InChI is InChI=1S/C30H32FN3O5/c1-19(2)15-16-32-29(36)26-27(39-30(37)34(26)18-20-7-11-23(31)12-8-20)21-9-13-24(14-10-21)33-28(35)22-5-4-6-25(17-22)38-3/h4-14,17,19,26-27H,15-16,18H2,1-3H3,(H,32,36)(H,33,35)/t26-,27-/m0/s1. The van der Waals surface area contributed by atoms with Crippen LogP contribution in [0, 0.1) is 11.7 Å². The van der Waals surface area contributed by atoms with Crippen molar-refractivity contribution in [1.82, 2.24) is 10.2 Å². The largest absolute Gasteiger partial charge is 0.497 e. The molecule has 0 aromatic heterocycles. The Morgan fingerprint density at radius 2 is 1.77 bits per heavy atom. The van der Waals surface area contributed by atoms with Crippen molar-refractivity contribution in [2.45, 2.75) is 39.0 Å². The van der Waals surface area contributed by atoms with Crippen molar-refractivity contribution in [3.8, 4) is 5.75 Å². The maximum absolute atomic E-state index is 13.4. The quantitative estimate of drug-likeness (QED) is 0.368. The van der Waals surface area contributed by atoms with Crippen LogP contribution in [0.2, 0.25) is 0 Å². The Morgan fingerprint density at radius 3 is 2.44 bits per heavy atom. The summed E-state index contributed by atoms with van der Waals surface area (Å²) in [7, 11) is 1.53. The number of carbonyl (C=O) groups is 3. The lowest BCUT2D eigenvalue weighted by atomic mass is 10.00. The first-order chi connectivity index (χ1) is 18.7. The molecule has 0 aliphatic carbocycles. The van der Waals surface area contributed by atoms with Crippen molar-refractivity contribution in [2.24, 2.45) is 5.92 Å². The fourth-order valence-electron chi connectivity index (χ4n) is 4.31. The van der Waals surface area contributed by atoms with E-state index >= 15 is 0 Å². The first-order valence-electron chi connectivity index (χ1n) is 12.8. The Hall–Kier alpha value is -4.40. The van der Waals surface area contributed by atoms with Crippen LogP contribution in [-0.2, 0) is 16.1 Å². The third kappa shape index (κ3) is 6.93. The van der Waals surface area contributed by atoms with Crippen LogP contribution in [0.5, 0.6) is 5.75 Å². The zero-order valence-corrected chi connectivity index (χ0v) is 22.1. The number of anilines is 1. The minimum absolute atomic E-state index is 0.0898. The number of benzene rings is 3. The maximum atomic E-state index is 13.4. The highest BCUT2D eigenvalue weighted by Crippen LogP contribution is 2.34. The number of ether oxygens (including phenoxy) is 2. The number of methoxy groups -OCH3 is 1. The number of hydrogen-bond donors (Lipinski definition) is 2. The van der Waals surface area contributed by atoms with Gasteiger partial charge in [-0.05, 0) is 65.9 Å². The Balaban J connectivity index is 1.53. The summed E-state index contributed by atoms with van der Waals surface area (Å²) in [5, 5.41) is 5.76. The molecule has 3 amide bonds. The second-order valence-corrected chi connectivity index (χ2v) is 9.79. The van der Waals surface area contributed by atoms with Gasteiger partial charge in [-0.3, -0.25) is 14.5 Å². The lowest BCUT2D eigenvalue weighted by molar-refractivity contribution is -0.126. The maximum Gasteiger partial charge on any atom is 0.411 e. The van der Waals surface area contributed by atoms with Crippen molar-refractivity contribution < 1.29 is 28.2 Å². The normalized spacial score (nSPS) is 16.6. The van der Waals surface area contributed by atoms with Crippen molar-refractivity contribution in [3.05, 3.63) is 95.3 Å². The van der Waals surface area contributed by atoms with Gasteiger partial charge in [-0.1, -0.05) is 44.2 Å². The van der Waals surface area contributed by atoms with Crippen LogP contribution in [0.15, 0.2) is 72.8 Å². The van der Waals surface area contributed by atoms with E-state index in [9.17, 15) is 18.8 Å². The molecule has 3 aromatic rings. The highest BCUT2D eigenvalue weighted by atomic mass is 19.1. The molecular formula is C30H32FN3O5. The first-order valence-corrected chi connectivity index (χ1v) is 12.8. The number of cyclic esters (lactones) is 1. The minimum Gasteiger partial charge on any atom is -0.497 e. The molecule has 9 heteroatoms. The fraction of sp³-hybridized carbons (Fsp3) is 0.300. The van der Waals surface area contributed by atoms with Crippen LogP contribution in [0.3, 0.4) is 0 Å². The molecule has 1 fully saturated rings. The number of hydrogen-bond acceptors (Lipinski definition) is 5. The molecule has 2 atom stereocenters. The Kier molecular flexibility index (Phi) is 8.81. The summed E-state index contributed by atoms with van der Waals surface area (Å²) < 4.78 is 24.3. The van der Waals surface area contributed by atoms with E-state index in [2.05, 4.69) is 24.5 Å². The summed E-state index contributed by atoms with van der Waals surface area (Å²) in [6, 6.07) is 18.5. The zero-order chi connectivity index (χ0) is 27.9. The van der Waals surface area contributed by atoms with Gasteiger partial charge >= 0.3 is 6.09 Å². The lowest BCUT2D eigenvalue weighted by Crippen LogP contribution is -2.46. The SMILES string of the molecule is COc1cccc(C(=O)Nc2ccc([C@@H]3OC(=O)N(Cc4ccc(F)cc4)[C@@H]3C(=O)NCCC(C)C)cc2)c1. The Morgan fingerprint density at radius 1 is 1.05 bits per heavy atom. The van der Waals surface area contributed by atoms with E-state index in [4.69, 9.17) is 9.47 Å². The van der Waals surface area contributed by atoms with Gasteiger partial charge in [0.15, 0.2) is 12.1 Å². The highest BCUT2D eigenvalue weighted by Gasteiger charge is 2.46. The Bertz CT molecular complexity index is 1310. The average Bonchev–Trinajstić information content (AvgIpc) is 3.25. The zero-order valence-electron chi connectivity index (χ0n) is 22.1. The van der Waals surface area contributed by atoms with E-state index in [0.717, 1.165) is 6.42 Å². The molecule has 0 unspecified atom stereocenters. The summed E-state index contributed by atoms with van der Waals surface area (Å²) in [6.45, 7) is 4.68. The van der Waals surface area contributed by atoms with E-state index in [1.165, 1.54) is 24.1 Å². The Labute approximate surface area is 227 Å². The topological polar surface area (TPSA) is 97.0 Å². The number of amides is 3. The van der Waals surface area contributed by atoms with Gasteiger partial charge in [-0.2, -0.15) is 0 Å². The predicted octanol–water partition coefficient (Wildman–Crippen LogP) is 5.31. The number of nitrogens with zero attached hydrogens (tertiary/aromatic N) is 1. The van der Waals surface area contributed by atoms with Crippen LogP contribution in [0.1, 0.15) is 47.9 Å². The summed E-state index contributed by atoms with van der Waals surface area (Å²) >= 11 is 0. The van der Waals surface area contributed by atoms with Gasteiger partial charge in [0.05, 0.1) is 13.7 Å². The highest BCUT2D eigenvalue weighted by molar-refractivity contribution is 6.04. The van der Waals surface area contributed by atoms with Crippen LogP contribution < -0.4 is 15.4 Å². The molecule has 0 radical (unpaired) electrons. The molecular weight excluding hydrogens is 501 g/mol. The van der Waals surface area contributed by atoms with E-state index in [1.807, 2.05) is 0 Å². The van der Waals surface area contributed by atoms with Crippen LogP contribution in [0.25, 0.3) is 0 Å². The number of nitrogens with one attached hydrogen (secondary N) is 2. The van der Waals surface area contributed by atoms with Crippen molar-refractivity contribution in [1.29, 1.82) is 0 Å². The number of carbonyl (C=O) groups excluding carboxylic acids is 3. The molecule has 0 saturated carbocycles. The minimum atomic E-state index is -0.924. The van der Waals surface area contributed by atoms with Gasteiger partial charge < -0.3 is 20.1 Å². The second kappa shape index (κ2) is 12.4. The third-order valence-corrected chi connectivity index (χ3v) is 6.47. The second-order valence-electron chi connectivity index (χ2n) is 9.79. The van der Waals surface area contributed by atoms with E-state index in [1.54, 1.807) is 60.7 Å². The van der Waals surface area contributed by atoms with Gasteiger partial charge in [0.1, 0.15) is 11.6 Å². The monoisotopic (exact) mass is 533 g/mol. The van der Waals surface area contributed by atoms with E-state index in [0.29, 0.717) is 40.6 Å². The van der Waals surface area contributed by atoms with Gasteiger partial charge in [0.25, 0.3) is 5.91 Å². The van der Waals surface area contributed by atoms with Gasteiger partial charge in [0.2, 0.25) is 5.91 Å². The fourth-order valence-corrected chi connectivity index (χ4v) is 4.31. The molecule has 1 saturated heterocycles. The number of halogens is 1. The van der Waals surface area contributed by atoms with E-state index in [-0.39, 0.29) is 24.2 Å². The smallest absolute Gasteiger partial charge is 0.411 e. The van der Waals surface area contributed by atoms with Crippen LogP contribution >= 0.6 is 0 Å². The first kappa shape index (κ1) is 27.6.